The molecule has 1 saturated heterocycles. The molecule has 1 rings (SSSR count). The zero-order valence-electron chi connectivity index (χ0n) is 8.22. The number of nitrogens with one attached hydrogen (secondary N) is 1. The molecule has 0 aliphatic carbocycles. The Morgan fingerprint density at radius 2 is 2.14 bits per heavy atom. The van der Waals surface area contributed by atoms with Crippen molar-refractivity contribution in [3.05, 3.63) is 12.2 Å². The number of rotatable bonds is 4. The number of hydrogen-bond acceptors (Lipinski definition) is 2. The van der Waals surface area contributed by atoms with Gasteiger partial charge in [0.1, 0.15) is 5.88 Å². The van der Waals surface area contributed by atoms with Crippen molar-refractivity contribution in [1.82, 2.24) is 5.32 Å². The Balaban J connectivity index is 2.23. The lowest BCUT2D eigenvalue weighted by atomic mass is 9.92. The third-order valence-corrected chi connectivity index (χ3v) is 2.68. The molecule has 1 heterocycles. The van der Waals surface area contributed by atoms with Crippen LogP contribution in [0.15, 0.2) is 12.2 Å². The highest BCUT2D eigenvalue weighted by atomic mass is 35.5. The Kier molecular flexibility index (Phi) is 4.98. The van der Waals surface area contributed by atoms with E-state index < -0.39 is 0 Å². The lowest BCUT2D eigenvalue weighted by Gasteiger charge is -2.24. The van der Waals surface area contributed by atoms with E-state index in [1.165, 1.54) is 0 Å². The SMILES string of the molecule is C=C(CNC(=O)CCl)C1CCOCC1. The lowest BCUT2D eigenvalue weighted by Crippen LogP contribution is -2.29. The quantitative estimate of drug-likeness (QED) is 0.570. The van der Waals surface area contributed by atoms with Gasteiger partial charge in [0.15, 0.2) is 0 Å². The second-order valence-electron chi connectivity index (χ2n) is 3.46. The van der Waals surface area contributed by atoms with Gasteiger partial charge in [-0.05, 0) is 18.8 Å². The van der Waals surface area contributed by atoms with Crippen LogP contribution in [0.4, 0.5) is 0 Å². The van der Waals surface area contributed by atoms with Crippen LogP contribution < -0.4 is 5.32 Å². The highest BCUT2D eigenvalue weighted by Gasteiger charge is 2.16. The maximum atomic E-state index is 10.9. The third-order valence-electron chi connectivity index (χ3n) is 2.43. The van der Waals surface area contributed by atoms with E-state index in [0.717, 1.165) is 31.6 Å². The summed E-state index contributed by atoms with van der Waals surface area (Å²) in [6.07, 6.45) is 2.02. The van der Waals surface area contributed by atoms with Gasteiger partial charge in [-0.1, -0.05) is 12.2 Å². The number of ether oxygens (including phenoxy) is 1. The summed E-state index contributed by atoms with van der Waals surface area (Å²) in [4.78, 5) is 10.9. The first-order chi connectivity index (χ1) is 6.74. The van der Waals surface area contributed by atoms with E-state index in [0.29, 0.717) is 12.5 Å². The van der Waals surface area contributed by atoms with Crippen LogP contribution in [-0.4, -0.2) is 31.5 Å². The predicted octanol–water partition coefficient (Wildman–Crippen LogP) is 1.32. The molecule has 0 saturated carbocycles. The number of alkyl halides is 1. The maximum Gasteiger partial charge on any atom is 0.235 e. The maximum absolute atomic E-state index is 10.9. The van der Waals surface area contributed by atoms with Crippen molar-refractivity contribution in [3.8, 4) is 0 Å². The van der Waals surface area contributed by atoms with Crippen LogP contribution in [0.5, 0.6) is 0 Å². The molecule has 4 heteroatoms. The fourth-order valence-electron chi connectivity index (χ4n) is 1.51. The second kappa shape index (κ2) is 6.04. The molecule has 1 fully saturated rings. The second-order valence-corrected chi connectivity index (χ2v) is 3.72. The molecule has 3 nitrogen and oxygen atoms in total. The first kappa shape index (κ1) is 11.5. The third kappa shape index (κ3) is 3.68. The molecule has 1 amide bonds. The number of amides is 1. The molecule has 0 radical (unpaired) electrons. The van der Waals surface area contributed by atoms with Gasteiger partial charge in [0.25, 0.3) is 0 Å². The minimum atomic E-state index is -0.139. The van der Waals surface area contributed by atoms with Gasteiger partial charge in [-0.3, -0.25) is 4.79 Å². The molecule has 1 aliphatic rings. The summed E-state index contributed by atoms with van der Waals surface area (Å²) in [7, 11) is 0. The van der Waals surface area contributed by atoms with Crippen molar-refractivity contribution in [2.45, 2.75) is 12.8 Å². The van der Waals surface area contributed by atoms with E-state index in [9.17, 15) is 4.79 Å². The van der Waals surface area contributed by atoms with Crippen LogP contribution >= 0.6 is 11.6 Å². The molecule has 0 aromatic rings. The minimum Gasteiger partial charge on any atom is -0.381 e. The average molecular weight is 218 g/mol. The zero-order valence-corrected chi connectivity index (χ0v) is 8.98. The van der Waals surface area contributed by atoms with Crippen molar-refractivity contribution < 1.29 is 9.53 Å². The van der Waals surface area contributed by atoms with Gasteiger partial charge in [0.2, 0.25) is 5.91 Å². The van der Waals surface area contributed by atoms with E-state index in [2.05, 4.69) is 11.9 Å². The molecule has 80 valence electrons. The van der Waals surface area contributed by atoms with Gasteiger partial charge in [-0.2, -0.15) is 0 Å². The summed E-state index contributed by atoms with van der Waals surface area (Å²) in [5.41, 5.74) is 1.08. The van der Waals surface area contributed by atoms with Crippen molar-refractivity contribution >= 4 is 17.5 Å². The largest absolute Gasteiger partial charge is 0.381 e. The number of carbonyl (C=O) groups excluding carboxylic acids is 1. The molecule has 0 atom stereocenters. The van der Waals surface area contributed by atoms with Crippen LogP contribution in [-0.2, 0) is 9.53 Å². The van der Waals surface area contributed by atoms with E-state index in [4.69, 9.17) is 16.3 Å². The van der Waals surface area contributed by atoms with Crippen LogP contribution in [0.1, 0.15) is 12.8 Å². The molecule has 0 spiro atoms. The summed E-state index contributed by atoms with van der Waals surface area (Å²) >= 11 is 5.36. The smallest absolute Gasteiger partial charge is 0.235 e. The van der Waals surface area contributed by atoms with Crippen molar-refractivity contribution in [3.63, 3.8) is 0 Å². The Bertz CT molecular complexity index is 212. The normalized spacial score (nSPS) is 17.8. The topological polar surface area (TPSA) is 38.3 Å². The van der Waals surface area contributed by atoms with E-state index in [1.807, 2.05) is 0 Å². The first-order valence-corrected chi connectivity index (χ1v) is 5.35. The van der Waals surface area contributed by atoms with Gasteiger partial charge in [0.05, 0.1) is 0 Å². The Morgan fingerprint density at radius 3 is 2.71 bits per heavy atom. The van der Waals surface area contributed by atoms with Crippen LogP contribution in [0.25, 0.3) is 0 Å². The number of halogens is 1. The fourth-order valence-corrected chi connectivity index (χ4v) is 1.60. The van der Waals surface area contributed by atoms with Gasteiger partial charge in [0, 0.05) is 19.8 Å². The summed E-state index contributed by atoms with van der Waals surface area (Å²) in [6, 6.07) is 0. The van der Waals surface area contributed by atoms with Gasteiger partial charge in [-0.25, -0.2) is 0 Å². The molecule has 0 aromatic heterocycles. The van der Waals surface area contributed by atoms with Crippen LogP contribution in [0.2, 0.25) is 0 Å². The molecular formula is C10H16ClNO2. The monoisotopic (exact) mass is 217 g/mol. The summed E-state index contributed by atoms with van der Waals surface area (Å²) in [5.74, 6) is 0.361. The van der Waals surface area contributed by atoms with Gasteiger partial charge < -0.3 is 10.1 Å². The number of carbonyl (C=O) groups is 1. The van der Waals surface area contributed by atoms with E-state index in [-0.39, 0.29) is 11.8 Å². The van der Waals surface area contributed by atoms with Crippen LogP contribution in [0, 0.1) is 5.92 Å². The molecule has 14 heavy (non-hydrogen) atoms. The van der Waals surface area contributed by atoms with Gasteiger partial charge >= 0.3 is 0 Å². The molecule has 1 aliphatic heterocycles. The Labute approximate surface area is 89.5 Å². The highest BCUT2D eigenvalue weighted by Crippen LogP contribution is 2.21. The highest BCUT2D eigenvalue weighted by molar-refractivity contribution is 6.27. The predicted molar refractivity (Wildman–Crippen MR) is 56.4 cm³/mol. The molecule has 0 unspecified atom stereocenters. The molecule has 0 bridgehead atoms. The van der Waals surface area contributed by atoms with Crippen molar-refractivity contribution in [1.29, 1.82) is 0 Å². The van der Waals surface area contributed by atoms with Crippen LogP contribution in [0.3, 0.4) is 0 Å². The van der Waals surface area contributed by atoms with E-state index in [1.54, 1.807) is 0 Å². The minimum absolute atomic E-state index is 0.0149. The first-order valence-electron chi connectivity index (χ1n) is 4.82. The number of hydrogen-bond donors (Lipinski definition) is 1. The fraction of sp³-hybridized carbons (Fsp3) is 0.700. The van der Waals surface area contributed by atoms with Gasteiger partial charge in [-0.15, -0.1) is 11.6 Å². The summed E-state index contributed by atoms with van der Waals surface area (Å²) in [6.45, 7) is 6.11. The zero-order chi connectivity index (χ0) is 10.4. The molecular weight excluding hydrogens is 202 g/mol. The van der Waals surface area contributed by atoms with Crippen molar-refractivity contribution in [2.75, 3.05) is 25.6 Å². The summed E-state index contributed by atoms with van der Waals surface area (Å²) < 4.78 is 5.25. The Hall–Kier alpha value is -0.540. The lowest BCUT2D eigenvalue weighted by molar-refractivity contribution is -0.118. The molecule has 0 aromatic carbocycles. The van der Waals surface area contributed by atoms with Crippen molar-refractivity contribution in [2.24, 2.45) is 5.92 Å². The Morgan fingerprint density at radius 1 is 1.50 bits per heavy atom. The summed E-state index contributed by atoms with van der Waals surface area (Å²) in [5, 5.41) is 2.72. The molecule has 1 N–H and O–H groups in total. The standard InChI is InChI=1S/C10H16ClNO2/c1-8(7-12-10(13)6-11)9-2-4-14-5-3-9/h9H,1-7H2,(H,12,13). The average Bonchev–Trinajstić information content (AvgIpc) is 2.26. The van der Waals surface area contributed by atoms with E-state index >= 15 is 0 Å².